The normalized spacial score (nSPS) is 12.2. The Bertz CT molecular complexity index is 465. The molecule has 0 spiro atoms. The molecule has 5 nitrogen and oxygen atoms in total. The molecule has 0 bridgehead atoms. The van der Waals surface area contributed by atoms with Crippen molar-refractivity contribution in [2.75, 3.05) is 13.2 Å². The number of halogens is 2. The standard InChI is InChI=1S/C13H18Cl2N2O3/c1-2-10(6-18)17-5-8-3-9(14)4-11(15)13(8)20-7-12(16)19/h3-4,10,17-18H,2,5-7H2,1H3,(H2,16,19)/t10-/m1/s1. The van der Waals surface area contributed by atoms with Crippen molar-refractivity contribution in [3.05, 3.63) is 27.7 Å². The fourth-order valence-electron chi connectivity index (χ4n) is 1.64. The summed E-state index contributed by atoms with van der Waals surface area (Å²) in [5.74, 6) is -0.216. The van der Waals surface area contributed by atoms with Crippen LogP contribution in [-0.2, 0) is 11.3 Å². The van der Waals surface area contributed by atoms with Crippen LogP contribution in [0.1, 0.15) is 18.9 Å². The topological polar surface area (TPSA) is 84.6 Å². The van der Waals surface area contributed by atoms with Crippen LogP contribution < -0.4 is 15.8 Å². The van der Waals surface area contributed by atoms with Crippen LogP contribution in [0.25, 0.3) is 0 Å². The SMILES string of the molecule is CC[C@H](CO)NCc1cc(Cl)cc(Cl)c1OCC(N)=O. The van der Waals surface area contributed by atoms with E-state index in [0.717, 1.165) is 6.42 Å². The zero-order chi connectivity index (χ0) is 15.1. The predicted octanol–water partition coefficient (Wildman–Crippen LogP) is 1.72. The Labute approximate surface area is 128 Å². The van der Waals surface area contributed by atoms with E-state index in [1.807, 2.05) is 6.92 Å². The molecule has 0 heterocycles. The van der Waals surface area contributed by atoms with Crippen LogP contribution >= 0.6 is 23.2 Å². The maximum atomic E-state index is 10.8. The van der Waals surface area contributed by atoms with Gasteiger partial charge in [-0.25, -0.2) is 0 Å². The van der Waals surface area contributed by atoms with Crippen molar-refractivity contribution in [2.45, 2.75) is 25.9 Å². The van der Waals surface area contributed by atoms with Gasteiger partial charge < -0.3 is 20.9 Å². The zero-order valence-electron chi connectivity index (χ0n) is 11.2. The highest BCUT2D eigenvalue weighted by molar-refractivity contribution is 6.35. The number of rotatable bonds is 8. The molecule has 0 fully saturated rings. The molecule has 1 aromatic rings. The van der Waals surface area contributed by atoms with Gasteiger partial charge in [0.25, 0.3) is 5.91 Å². The van der Waals surface area contributed by atoms with Crippen molar-refractivity contribution in [2.24, 2.45) is 5.73 Å². The number of ether oxygens (including phenoxy) is 1. The molecular formula is C13H18Cl2N2O3. The third kappa shape index (κ3) is 5.17. The maximum absolute atomic E-state index is 10.8. The number of primary amides is 1. The lowest BCUT2D eigenvalue weighted by Crippen LogP contribution is -2.31. The lowest BCUT2D eigenvalue weighted by atomic mass is 10.1. The lowest BCUT2D eigenvalue weighted by Gasteiger charge is -2.17. The second-order valence-electron chi connectivity index (χ2n) is 4.30. The Morgan fingerprint density at radius 2 is 2.20 bits per heavy atom. The number of carbonyl (C=O) groups excluding carboxylic acids is 1. The number of aliphatic hydroxyl groups excluding tert-OH is 1. The zero-order valence-corrected chi connectivity index (χ0v) is 12.7. The van der Waals surface area contributed by atoms with E-state index >= 15 is 0 Å². The van der Waals surface area contributed by atoms with Crippen molar-refractivity contribution in [3.8, 4) is 5.75 Å². The molecule has 0 radical (unpaired) electrons. The number of benzene rings is 1. The number of nitrogens with two attached hydrogens (primary N) is 1. The molecule has 0 aromatic heterocycles. The van der Waals surface area contributed by atoms with Gasteiger partial charge >= 0.3 is 0 Å². The van der Waals surface area contributed by atoms with Gasteiger partial charge in [-0.05, 0) is 18.6 Å². The molecule has 1 amide bonds. The molecule has 1 rings (SSSR count). The van der Waals surface area contributed by atoms with Gasteiger partial charge in [0.2, 0.25) is 0 Å². The molecule has 1 atom stereocenters. The first-order chi connectivity index (χ1) is 9.47. The van der Waals surface area contributed by atoms with Crippen LogP contribution in [0.5, 0.6) is 5.75 Å². The molecule has 20 heavy (non-hydrogen) atoms. The van der Waals surface area contributed by atoms with E-state index < -0.39 is 5.91 Å². The van der Waals surface area contributed by atoms with E-state index in [1.165, 1.54) is 6.07 Å². The number of aliphatic hydroxyl groups is 1. The molecule has 7 heteroatoms. The van der Waals surface area contributed by atoms with Crippen LogP contribution in [0.4, 0.5) is 0 Å². The van der Waals surface area contributed by atoms with Crippen molar-refractivity contribution in [3.63, 3.8) is 0 Å². The van der Waals surface area contributed by atoms with Crippen LogP contribution in [0.3, 0.4) is 0 Å². The molecule has 0 aliphatic carbocycles. The highest BCUT2D eigenvalue weighted by Crippen LogP contribution is 2.32. The van der Waals surface area contributed by atoms with Crippen LogP contribution in [0.2, 0.25) is 10.0 Å². The maximum Gasteiger partial charge on any atom is 0.255 e. The molecular weight excluding hydrogens is 303 g/mol. The fourth-order valence-corrected chi connectivity index (χ4v) is 2.23. The number of hydrogen-bond acceptors (Lipinski definition) is 4. The fraction of sp³-hybridized carbons (Fsp3) is 0.462. The summed E-state index contributed by atoms with van der Waals surface area (Å²) in [5.41, 5.74) is 5.76. The number of carbonyl (C=O) groups is 1. The molecule has 0 saturated heterocycles. The summed E-state index contributed by atoms with van der Waals surface area (Å²) in [6.07, 6.45) is 0.780. The van der Waals surface area contributed by atoms with Gasteiger partial charge in [-0.1, -0.05) is 30.1 Å². The summed E-state index contributed by atoms with van der Waals surface area (Å²) >= 11 is 12.0. The third-order valence-electron chi connectivity index (χ3n) is 2.74. The van der Waals surface area contributed by atoms with Crippen LogP contribution in [0.15, 0.2) is 12.1 Å². The van der Waals surface area contributed by atoms with E-state index in [-0.39, 0.29) is 19.3 Å². The van der Waals surface area contributed by atoms with E-state index in [4.69, 9.17) is 38.8 Å². The van der Waals surface area contributed by atoms with Crippen molar-refractivity contribution < 1.29 is 14.6 Å². The summed E-state index contributed by atoms with van der Waals surface area (Å²) in [7, 11) is 0. The highest BCUT2D eigenvalue weighted by atomic mass is 35.5. The Kier molecular flexibility index (Phi) is 7.09. The highest BCUT2D eigenvalue weighted by Gasteiger charge is 2.13. The van der Waals surface area contributed by atoms with Crippen molar-refractivity contribution in [1.82, 2.24) is 5.32 Å². The monoisotopic (exact) mass is 320 g/mol. The number of nitrogens with one attached hydrogen (secondary N) is 1. The van der Waals surface area contributed by atoms with E-state index in [2.05, 4.69) is 5.32 Å². The summed E-state index contributed by atoms with van der Waals surface area (Å²) in [5, 5.41) is 13.1. The smallest absolute Gasteiger partial charge is 0.255 e. The van der Waals surface area contributed by atoms with Gasteiger partial charge in [0.15, 0.2) is 6.61 Å². The van der Waals surface area contributed by atoms with E-state index in [1.54, 1.807) is 6.07 Å². The first kappa shape index (κ1) is 17.0. The minimum absolute atomic E-state index is 0.0300. The van der Waals surface area contributed by atoms with Gasteiger partial charge in [0, 0.05) is 23.2 Å². The minimum Gasteiger partial charge on any atom is -0.482 e. The van der Waals surface area contributed by atoms with E-state index in [9.17, 15) is 4.79 Å². The summed E-state index contributed by atoms with van der Waals surface area (Å²) in [4.78, 5) is 10.8. The Morgan fingerprint density at radius 1 is 1.50 bits per heavy atom. The predicted molar refractivity (Wildman–Crippen MR) is 79.2 cm³/mol. The van der Waals surface area contributed by atoms with E-state index in [0.29, 0.717) is 27.9 Å². The Hall–Kier alpha value is -1.01. The summed E-state index contributed by atoms with van der Waals surface area (Å²) < 4.78 is 5.32. The second-order valence-corrected chi connectivity index (χ2v) is 5.14. The molecule has 112 valence electrons. The molecule has 0 saturated carbocycles. The van der Waals surface area contributed by atoms with Gasteiger partial charge in [-0.2, -0.15) is 0 Å². The minimum atomic E-state index is -0.586. The summed E-state index contributed by atoms with van der Waals surface area (Å²) in [6.45, 7) is 2.14. The molecule has 1 aromatic carbocycles. The number of hydrogen-bond donors (Lipinski definition) is 3. The van der Waals surface area contributed by atoms with Gasteiger partial charge in [-0.15, -0.1) is 0 Å². The quantitative estimate of drug-likeness (QED) is 0.681. The largest absolute Gasteiger partial charge is 0.482 e. The first-order valence-corrected chi connectivity index (χ1v) is 6.96. The lowest BCUT2D eigenvalue weighted by molar-refractivity contribution is -0.119. The molecule has 0 unspecified atom stereocenters. The average Bonchev–Trinajstić information content (AvgIpc) is 2.38. The summed E-state index contributed by atoms with van der Waals surface area (Å²) in [6, 6.07) is 3.20. The molecule has 0 aliphatic rings. The second kappa shape index (κ2) is 8.32. The third-order valence-corrected chi connectivity index (χ3v) is 3.24. The number of amides is 1. The molecule has 4 N–H and O–H groups in total. The van der Waals surface area contributed by atoms with Gasteiger partial charge in [-0.3, -0.25) is 4.79 Å². The van der Waals surface area contributed by atoms with Crippen LogP contribution in [-0.4, -0.2) is 30.3 Å². The first-order valence-electron chi connectivity index (χ1n) is 6.21. The molecule has 0 aliphatic heterocycles. The average molecular weight is 321 g/mol. The van der Waals surface area contributed by atoms with Gasteiger partial charge in [0.05, 0.1) is 11.6 Å². The van der Waals surface area contributed by atoms with Crippen molar-refractivity contribution in [1.29, 1.82) is 0 Å². The van der Waals surface area contributed by atoms with Crippen molar-refractivity contribution >= 4 is 29.1 Å². The Morgan fingerprint density at radius 3 is 2.75 bits per heavy atom. The Balaban J connectivity index is 2.88. The van der Waals surface area contributed by atoms with Gasteiger partial charge in [0.1, 0.15) is 5.75 Å². The van der Waals surface area contributed by atoms with Crippen LogP contribution in [0, 0.1) is 0 Å².